The van der Waals surface area contributed by atoms with Gasteiger partial charge in [-0.3, -0.25) is 0 Å². The highest BCUT2D eigenvalue weighted by Gasteiger charge is 2.51. The van der Waals surface area contributed by atoms with Gasteiger partial charge in [-0.15, -0.1) is 0 Å². The molecule has 21 heavy (non-hydrogen) atoms. The van der Waals surface area contributed by atoms with E-state index in [9.17, 15) is 0 Å². The van der Waals surface area contributed by atoms with Gasteiger partial charge in [-0.1, -0.05) is 18.2 Å². The number of nitrogens with one attached hydrogen (secondary N) is 1. The first-order valence-electron chi connectivity index (χ1n) is 7.25. The third-order valence-electron chi connectivity index (χ3n) is 4.53. The minimum absolute atomic E-state index is 0.319. The molecule has 1 aromatic heterocycles. The van der Waals surface area contributed by atoms with Crippen LogP contribution in [0.5, 0.6) is 0 Å². The summed E-state index contributed by atoms with van der Waals surface area (Å²) in [6.07, 6.45) is 1.87. The third kappa shape index (κ3) is 2.41. The molecule has 1 aliphatic heterocycles. The summed E-state index contributed by atoms with van der Waals surface area (Å²) in [5, 5.41) is 5.28. The van der Waals surface area contributed by atoms with Gasteiger partial charge in [-0.2, -0.15) is 0 Å². The standard InChI is InChI=1S/C16H21BN2O2/c1-15(2)16(3,4)21-17(20-15)13-7-6-11-9-14(18-5)19-10-12(11)8-13/h6-10H,1-5H3,(H,18,19). The summed E-state index contributed by atoms with van der Waals surface area (Å²) >= 11 is 0. The maximum atomic E-state index is 6.09. The summed E-state index contributed by atoms with van der Waals surface area (Å²) in [5.74, 6) is 0.867. The molecule has 3 rings (SSSR count). The fourth-order valence-electron chi connectivity index (χ4n) is 2.42. The zero-order valence-electron chi connectivity index (χ0n) is 13.2. The van der Waals surface area contributed by atoms with Gasteiger partial charge in [0, 0.05) is 13.2 Å². The predicted octanol–water partition coefficient (Wildman–Crippen LogP) is 2.58. The van der Waals surface area contributed by atoms with Crippen LogP contribution in [0.15, 0.2) is 30.5 Å². The lowest BCUT2D eigenvalue weighted by atomic mass is 9.78. The van der Waals surface area contributed by atoms with Gasteiger partial charge in [0.2, 0.25) is 0 Å². The van der Waals surface area contributed by atoms with Crippen LogP contribution in [0.2, 0.25) is 0 Å². The van der Waals surface area contributed by atoms with Crippen LogP contribution >= 0.6 is 0 Å². The predicted molar refractivity (Wildman–Crippen MR) is 87.0 cm³/mol. The second kappa shape index (κ2) is 4.72. The minimum Gasteiger partial charge on any atom is -0.399 e. The highest BCUT2D eigenvalue weighted by atomic mass is 16.7. The van der Waals surface area contributed by atoms with Gasteiger partial charge >= 0.3 is 7.12 Å². The molecule has 1 fully saturated rings. The van der Waals surface area contributed by atoms with Crippen molar-refractivity contribution in [1.29, 1.82) is 0 Å². The Balaban J connectivity index is 1.96. The topological polar surface area (TPSA) is 43.4 Å². The Morgan fingerprint density at radius 2 is 1.67 bits per heavy atom. The Bertz CT molecular complexity index is 669. The average Bonchev–Trinajstić information content (AvgIpc) is 2.66. The van der Waals surface area contributed by atoms with Crippen molar-refractivity contribution in [2.24, 2.45) is 0 Å². The molecular formula is C16H21BN2O2. The van der Waals surface area contributed by atoms with Crippen molar-refractivity contribution in [3.05, 3.63) is 30.5 Å². The van der Waals surface area contributed by atoms with Crippen LogP contribution in [0.25, 0.3) is 10.8 Å². The molecule has 0 unspecified atom stereocenters. The third-order valence-corrected chi connectivity index (χ3v) is 4.53. The Morgan fingerprint density at radius 1 is 1.00 bits per heavy atom. The van der Waals surface area contributed by atoms with E-state index in [0.29, 0.717) is 0 Å². The molecule has 4 nitrogen and oxygen atoms in total. The van der Waals surface area contributed by atoms with E-state index in [1.807, 2.05) is 19.3 Å². The monoisotopic (exact) mass is 284 g/mol. The Morgan fingerprint density at radius 3 is 2.29 bits per heavy atom. The maximum Gasteiger partial charge on any atom is 0.494 e. The molecule has 1 aromatic carbocycles. The normalized spacial score (nSPS) is 20.0. The second-order valence-corrected chi connectivity index (χ2v) is 6.51. The van der Waals surface area contributed by atoms with E-state index >= 15 is 0 Å². The van der Waals surface area contributed by atoms with Crippen LogP contribution in [-0.2, 0) is 9.31 Å². The lowest BCUT2D eigenvalue weighted by molar-refractivity contribution is 0.00578. The molecule has 110 valence electrons. The quantitative estimate of drug-likeness (QED) is 0.861. The number of benzene rings is 1. The van der Waals surface area contributed by atoms with Crippen molar-refractivity contribution in [1.82, 2.24) is 4.98 Å². The molecule has 0 spiro atoms. The van der Waals surface area contributed by atoms with Crippen molar-refractivity contribution in [2.45, 2.75) is 38.9 Å². The van der Waals surface area contributed by atoms with Gasteiger partial charge in [0.25, 0.3) is 0 Å². The number of hydrogen-bond acceptors (Lipinski definition) is 4. The first kappa shape index (κ1) is 14.4. The van der Waals surface area contributed by atoms with Gasteiger partial charge < -0.3 is 14.6 Å². The number of hydrogen-bond donors (Lipinski definition) is 1. The van der Waals surface area contributed by atoms with E-state index < -0.39 is 0 Å². The molecule has 0 bridgehead atoms. The van der Waals surface area contributed by atoms with Crippen molar-refractivity contribution in [3.63, 3.8) is 0 Å². The van der Waals surface area contributed by atoms with Crippen LogP contribution in [0.4, 0.5) is 5.82 Å². The first-order valence-corrected chi connectivity index (χ1v) is 7.25. The maximum absolute atomic E-state index is 6.09. The van der Waals surface area contributed by atoms with E-state index in [1.54, 1.807) is 0 Å². The van der Waals surface area contributed by atoms with Gasteiger partial charge in [0.1, 0.15) is 5.82 Å². The Kier molecular flexibility index (Phi) is 3.22. The Labute approximate surface area is 126 Å². The zero-order chi connectivity index (χ0) is 15.3. The van der Waals surface area contributed by atoms with Crippen LogP contribution in [0, 0.1) is 0 Å². The van der Waals surface area contributed by atoms with Gasteiger partial charge in [0.05, 0.1) is 11.2 Å². The first-order chi connectivity index (χ1) is 9.82. The van der Waals surface area contributed by atoms with E-state index in [0.717, 1.165) is 22.1 Å². The van der Waals surface area contributed by atoms with E-state index in [1.165, 1.54) is 0 Å². The molecule has 0 aliphatic carbocycles. The molecule has 0 atom stereocenters. The molecule has 1 saturated heterocycles. The molecule has 1 N–H and O–H groups in total. The summed E-state index contributed by atoms with van der Waals surface area (Å²) in [4.78, 5) is 4.36. The van der Waals surface area contributed by atoms with Gasteiger partial charge in [0.15, 0.2) is 0 Å². The SMILES string of the molecule is CNc1cc2ccc(B3OC(C)(C)C(C)(C)O3)cc2cn1. The van der Waals surface area contributed by atoms with E-state index in [-0.39, 0.29) is 18.3 Å². The molecule has 0 radical (unpaired) electrons. The summed E-state index contributed by atoms with van der Waals surface area (Å²) in [6.45, 7) is 8.26. The van der Waals surface area contributed by atoms with Gasteiger partial charge in [-0.05, 0) is 50.0 Å². The molecule has 5 heteroatoms. The lowest BCUT2D eigenvalue weighted by Crippen LogP contribution is -2.41. The molecule has 0 amide bonds. The van der Waals surface area contributed by atoms with Gasteiger partial charge in [-0.25, -0.2) is 4.98 Å². The van der Waals surface area contributed by atoms with Crippen molar-refractivity contribution in [3.8, 4) is 0 Å². The number of fused-ring (bicyclic) bond motifs is 1. The molecule has 0 saturated carbocycles. The number of nitrogens with zero attached hydrogens (tertiary/aromatic N) is 1. The lowest BCUT2D eigenvalue weighted by Gasteiger charge is -2.32. The molecule has 1 aliphatic rings. The minimum atomic E-state index is -0.330. The number of anilines is 1. The molecule has 2 aromatic rings. The summed E-state index contributed by atoms with van der Waals surface area (Å²) in [6, 6.07) is 8.26. The summed E-state index contributed by atoms with van der Waals surface area (Å²) in [7, 11) is 1.54. The van der Waals surface area contributed by atoms with Crippen molar-refractivity contribution >= 4 is 29.2 Å². The van der Waals surface area contributed by atoms with Crippen LogP contribution in [0.3, 0.4) is 0 Å². The smallest absolute Gasteiger partial charge is 0.399 e. The summed E-state index contributed by atoms with van der Waals surface area (Å²) in [5.41, 5.74) is 0.391. The Hall–Kier alpha value is -1.59. The van der Waals surface area contributed by atoms with Crippen LogP contribution in [0.1, 0.15) is 27.7 Å². The fraction of sp³-hybridized carbons (Fsp3) is 0.438. The highest BCUT2D eigenvalue weighted by Crippen LogP contribution is 2.36. The largest absolute Gasteiger partial charge is 0.494 e. The van der Waals surface area contributed by atoms with Crippen molar-refractivity contribution in [2.75, 3.05) is 12.4 Å². The number of pyridine rings is 1. The average molecular weight is 284 g/mol. The highest BCUT2D eigenvalue weighted by molar-refractivity contribution is 6.62. The second-order valence-electron chi connectivity index (χ2n) is 6.51. The zero-order valence-corrected chi connectivity index (χ0v) is 13.2. The van der Waals surface area contributed by atoms with E-state index in [2.05, 4.69) is 56.2 Å². The molecule has 2 heterocycles. The number of aromatic nitrogens is 1. The van der Waals surface area contributed by atoms with Crippen LogP contribution in [-0.4, -0.2) is 30.4 Å². The summed E-state index contributed by atoms with van der Waals surface area (Å²) < 4.78 is 12.2. The van der Waals surface area contributed by atoms with Crippen LogP contribution < -0.4 is 10.8 Å². The van der Waals surface area contributed by atoms with E-state index in [4.69, 9.17) is 9.31 Å². The number of rotatable bonds is 2. The molecular weight excluding hydrogens is 263 g/mol. The van der Waals surface area contributed by atoms with Crippen molar-refractivity contribution < 1.29 is 9.31 Å². The fourth-order valence-corrected chi connectivity index (χ4v) is 2.42.